The molecule has 0 spiro atoms. The summed E-state index contributed by atoms with van der Waals surface area (Å²) in [6, 6.07) is 5.03. The number of amides is 1. The van der Waals surface area contributed by atoms with Gasteiger partial charge in [0.15, 0.2) is 0 Å². The number of nitrogen functional groups attached to an aromatic ring is 1. The molecule has 0 aliphatic rings. The van der Waals surface area contributed by atoms with E-state index in [1.165, 1.54) is 0 Å². The number of benzene rings is 1. The third-order valence-electron chi connectivity index (χ3n) is 1.61. The Labute approximate surface area is 70.6 Å². The molecule has 1 aromatic rings. The van der Waals surface area contributed by atoms with Crippen LogP contribution >= 0.6 is 0 Å². The molecule has 0 atom stereocenters. The average Bonchev–Trinajstić information content (AvgIpc) is 2.03. The lowest BCUT2D eigenvalue weighted by Gasteiger charge is -2.07. The highest BCUT2D eigenvalue weighted by molar-refractivity contribution is 6.01. The molecule has 0 saturated carbocycles. The second-order valence-electron chi connectivity index (χ2n) is 2.38. The van der Waals surface area contributed by atoms with E-state index in [4.69, 9.17) is 11.5 Å². The normalized spacial score (nSPS) is 9.42. The molecule has 4 heteroatoms. The molecule has 12 heavy (non-hydrogen) atoms. The predicted molar refractivity (Wildman–Crippen MR) is 48.9 cm³/mol. The summed E-state index contributed by atoms with van der Waals surface area (Å²) in [6.45, 7) is 0. The van der Waals surface area contributed by atoms with Crippen LogP contribution in [0.4, 0.5) is 11.4 Å². The summed E-state index contributed by atoms with van der Waals surface area (Å²) in [5, 5.41) is 2.82. The van der Waals surface area contributed by atoms with E-state index in [0.717, 1.165) is 0 Å². The van der Waals surface area contributed by atoms with Crippen LogP contribution in [0.15, 0.2) is 18.2 Å². The van der Waals surface area contributed by atoms with Crippen molar-refractivity contribution in [3.8, 4) is 0 Å². The summed E-state index contributed by atoms with van der Waals surface area (Å²) in [7, 11) is 1.69. The third kappa shape index (κ3) is 1.32. The van der Waals surface area contributed by atoms with E-state index < -0.39 is 5.91 Å². The maximum Gasteiger partial charge on any atom is 0.250 e. The Hall–Kier alpha value is -1.71. The van der Waals surface area contributed by atoms with E-state index in [2.05, 4.69) is 5.32 Å². The van der Waals surface area contributed by atoms with Crippen molar-refractivity contribution >= 4 is 17.3 Å². The van der Waals surface area contributed by atoms with Crippen LogP contribution in [-0.2, 0) is 0 Å². The van der Waals surface area contributed by atoms with Gasteiger partial charge in [0.1, 0.15) is 0 Å². The SMILES string of the molecule is CNc1c(N)cccc1C(N)=O. The lowest BCUT2D eigenvalue weighted by atomic mass is 10.1. The van der Waals surface area contributed by atoms with Crippen molar-refractivity contribution in [3.05, 3.63) is 23.8 Å². The molecule has 4 nitrogen and oxygen atoms in total. The van der Waals surface area contributed by atoms with E-state index in [1.807, 2.05) is 0 Å². The number of nitrogens with one attached hydrogen (secondary N) is 1. The molecule has 1 amide bonds. The summed E-state index contributed by atoms with van der Waals surface area (Å²) in [5.74, 6) is -0.480. The van der Waals surface area contributed by atoms with Crippen molar-refractivity contribution < 1.29 is 4.79 Å². The highest BCUT2D eigenvalue weighted by Crippen LogP contribution is 2.21. The maximum absolute atomic E-state index is 10.9. The average molecular weight is 165 g/mol. The Bertz CT molecular complexity index is 309. The first-order chi connectivity index (χ1) is 5.66. The largest absolute Gasteiger partial charge is 0.397 e. The Morgan fingerprint density at radius 1 is 1.50 bits per heavy atom. The molecule has 0 aliphatic heterocycles. The van der Waals surface area contributed by atoms with Gasteiger partial charge in [0.05, 0.1) is 16.9 Å². The fraction of sp³-hybridized carbons (Fsp3) is 0.125. The number of carbonyl (C=O) groups is 1. The molecule has 1 aromatic carbocycles. The molecule has 64 valence electrons. The van der Waals surface area contributed by atoms with Gasteiger partial charge in [-0.25, -0.2) is 0 Å². The summed E-state index contributed by atoms with van der Waals surface area (Å²) in [4.78, 5) is 10.9. The molecule has 0 fully saturated rings. The van der Waals surface area contributed by atoms with E-state index in [1.54, 1.807) is 25.2 Å². The summed E-state index contributed by atoms with van der Waals surface area (Å²) < 4.78 is 0. The number of hydrogen-bond donors (Lipinski definition) is 3. The van der Waals surface area contributed by atoms with Crippen LogP contribution in [-0.4, -0.2) is 13.0 Å². The van der Waals surface area contributed by atoms with Crippen molar-refractivity contribution in [3.63, 3.8) is 0 Å². The lowest BCUT2D eigenvalue weighted by molar-refractivity contribution is 0.100. The van der Waals surface area contributed by atoms with Gasteiger partial charge >= 0.3 is 0 Å². The molecule has 0 aliphatic carbocycles. The van der Waals surface area contributed by atoms with E-state index in [-0.39, 0.29) is 0 Å². The van der Waals surface area contributed by atoms with Crippen LogP contribution in [0.5, 0.6) is 0 Å². The van der Waals surface area contributed by atoms with Crippen molar-refractivity contribution in [2.75, 3.05) is 18.1 Å². The number of rotatable bonds is 2. The third-order valence-corrected chi connectivity index (χ3v) is 1.61. The number of para-hydroxylation sites is 1. The van der Waals surface area contributed by atoms with Crippen LogP contribution in [0, 0.1) is 0 Å². The highest BCUT2D eigenvalue weighted by Gasteiger charge is 2.08. The molecular formula is C8H11N3O. The quantitative estimate of drug-likeness (QED) is 0.555. The van der Waals surface area contributed by atoms with Gasteiger partial charge < -0.3 is 16.8 Å². The molecule has 0 heterocycles. The van der Waals surface area contributed by atoms with Crippen molar-refractivity contribution in [2.24, 2.45) is 5.73 Å². The van der Waals surface area contributed by atoms with Crippen LogP contribution in [0.25, 0.3) is 0 Å². The zero-order valence-corrected chi connectivity index (χ0v) is 6.79. The molecule has 5 N–H and O–H groups in total. The first kappa shape index (κ1) is 8.39. The van der Waals surface area contributed by atoms with Gasteiger partial charge in [0, 0.05) is 7.05 Å². The number of hydrogen-bond acceptors (Lipinski definition) is 3. The van der Waals surface area contributed by atoms with Gasteiger partial charge in [-0.15, -0.1) is 0 Å². The number of primary amides is 1. The minimum absolute atomic E-state index is 0.414. The second kappa shape index (κ2) is 3.13. The summed E-state index contributed by atoms with van der Waals surface area (Å²) in [5.41, 5.74) is 12.2. The number of carbonyl (C=O) groups excluding carboxylic acids is 1. The zero-order chi connectivity index (χ0) is 9.14. The first-order valence-corrected chi connectivity index (χ1v) is 3.53. The molecule has 1 rings (SSSR count). The fourth-order valence-corrected chi connectivity index (χ4v) is 1.05. The van der Waals surface area contributed by atoms with Crippen LogP contribution in [0.1, 0.15) is 10.4 Å². The lowest BCUT2D eigenvalue weighted by Crippen LogP contribution is -2.14. The molecule has 0 aromatic heterocycles. The van der Waals surface area contributed by atoms with Crippen LogP contribution in [0.3, 0.4) is 0 Å². The number of anilines is 2. The standard InChI is InChI=1S/C8H11N3O/c1-11-7-5(8(10)12)3-2-4-6(7)9/h2-4,11H,9H2,1H3,(H2,10,12). The van der Waals surface area contributed by atoms with Crippen molar-refractivity contribution in [2.45, 2.75) is 0 Å². The van der Waals surface area contributed by atoms with Gasteiger partial charge in [0.25, 0.3) is 5.91 Å². The first-order valence-electron chi connectivity index (χ1n) is 3.53. The fourth-order valence-electron chi connectivity index (χ4n) is 1.05. The van der Waals surface area contributed by atoms with Gasteiger partial charge in [0.2, 0.25) is 0 Å². The van der Waals surface area contributed by atoms with Gasteiger partial charge in [-0.2, -0.15) is 0 Å². The maximum atomic E-state index is 10.9. The minimum Gasteiger partial charge on any atom is -0.397 e. The molecule has 0 saturated heterocycles. The van der Waals surface area contributed by atoms with Crippen LogP contribution < -0.4 is 16.8 Å². The highest BCUT2D eigenvalue weighted by atomic mass is 16.1. The van der Waals surface area contributed by atoms with Crippen LogP contribution in [0.2, 0.25) is 0 Å². The topological polar surface area (TPSA) is 81.1 Å². The monoisotopic (exact) mass is 165 g/mol. The van der Waals surface area contributed by atoms with Crippen molar-refractivity contribution in [1.82, 2.24) is 0 Å². The van der Waals surface area contributed by atoms with E-state index in [0.29, 0.717) is 16.9 Å². The Balaban J connectivity index is 3.27. The van der Waals surface area contributed by atoms with E-state index >= 15 is 0 Å². The zero-order valence-electron chi connectivity index (χ0n) is 6.79. The number of nitrogens with two attached hydrogens (primary N) is 2. The van der Waals surface area contributed by atoms with E-state index in [9.17, 15) is 4.79 Å². The Kier molecular flexibility index (Phi) is 2.19. The Morgan fingerprint density at radius 2 is 2.17 bits per heavy atom. The summed E-state index contributed by atoms with van der Waals surface area (Å²) in [6.07, 6.45) is 0. The van der Waals surface area contributed by atoms with Gasteiger partial charge in [-0.1, -0.05) is 6.07 Å². The van der Waals surface area contributed by atoms with Crippen molar-refractivity contribution in [1.29, 1.82) is 0 Å². The molecular weight excluding hydrogens is 154 g/mol. The summed E-state index contributed by atoms with van der Waals surface area (Å²) >= 11 is 0. The smallest absolute Gasteiger partial charge is 0.250 e. The van der Waals surface area contributed by atoms with Gasteiger partial charge in [-0.05, 0) is 12.1 Å². The second-order valence-corrected chi connectivity index (χ2v) is 2.38. The molecule has 0 unspecified atom stereocenters. The Morgan fingerprint density at radius 3 is 2.58 bits per heavy atom. The van der Waals surface area contributed by atoms with Gasteiger partial charge in [-0.3, -0.25) is 4.79 Å². The predicted octanol–water partition coefficient (Wildman–Crippen LogP) is 0.409. The molecule has 0 radical (unpaired) electrons. The minimum atomic E-state index is -0.480. The molecule has 0 bridgehead atoms.